The lowest BCUT2D eigenvalue weighted by atomic mass is 9.99. The van der Waals surface area contributed by atoms with Crippen LogP contribution in [-0.2, 0) is 4.74 Å². The first-order valence-corrected chi connectivity index (χ1v) is 5.47. The Morgan fingerprint density at radius 1 is 1.64 bits per heavy atom. The molecule has 2 atom stereocenters. The molecule has 1 aliphatic rings. The van der Waals surface area contributed by atoms with E-state index in [0.29, 0.717) is 6.10 Å². The van der Waals surface area contributed by atoms with E-state index >= 15 is 0 Å². The van der Waals surface area contributed by atoms with Crippen molar-refractivity contribution in [3.8, 4) is 0 Å². The summed E-state index contributed by atoms with van der Waals surface area (Å²) in [5.74, 6) is 5.44. The minimum Gasteiger partial charge on any atom is -0.378 e. The van der Waals surface area contributed by atoms with Gasteiger partial charge in [-0.05, 0) is 39.0 Å². The molecule has 1 rings (SSSR count). The van der Waals surface area contributed by atoms with Crippen molar-refractivity contribution < 1.29 is 4.74 Å². The van der Waals surface area contributed by atoms with Crippen molar-refractivity contribution in [2.75, 3.05) is 6.61 Å². The van der Waals surface area contributed by atoms with Crippen LogP contribution in [0, 0.1) is 0 Å². The molecule has 0 aromatic heterocycles. The van der Waals surface area contributed by atoms with E-state index in [2.05, 4.69) is 12.0 Å². The summed E-state index contributed by atoms with van der Waals surface area (Å²) in [6.45, 7) is 6.84. The van der Waals surface area contributed by atoms with Crippen molar-refractivity contribution >= 4 is 0 Å². The van der Waals surface area contributed by atoms with Crippen LogP contribution in [0.15, 0.2) is 12.2 Å². The summed E-state index contributed by atoms with van der Waals surface area (Å²) in [5.41, 5.74) is 3.89. The number of rotatable bonds is 5. The Balaban J connectivity index is 2.20. The Bertz CT molecular complexity index is 176. The normalized spacial score (nSPS) is 24.6. The number of nitrogens with two attached hydrogens (primary N) is 1. The van der Waals surface area contributed by atoms with Gasteiger partial charge in [0.15, 0.2) is 0 Å². The molecule has 1 saturated heterocycles. The molecule has 0 amide bonds. The van der Waals surface area contributed by atoms with Crippen LogP contribution in [-0.4, -0.2) is 18.8 Å². The molecule has 0 spiro atoms. The summed E-state index contributed by atoms with van der Waals surface area (Å²) >= 11 is 0. The van der Waals surface area contributed by atoms with E-state index in [9.17, 15) is 0 Å². The Morgan fingerprint density at radius 2 is 2.43 bits per heavy atom. The quantitative estimate of drug-likeness (QED) is 0.402. The molecular weight excluding hydrogens is 176 g/mol. The van der Waals surface area contributed by atoms with Gasteiger partial charge in [0.05, 0.1) is 6.10 Å². The summed E-state index contributed by atoms with van der Waals surface area (Å²) in [6, 6.07) is 0.237. The lowest BCUT2D eigenvalue weighted by molar-refractivity contribution is 0.00913. The van der Waals surface area contributed by atoms with Gasteiger partial charge in [0.25, 0.3) is 0 Å². The highest BCUT2D eigenvalue weighted by Crippen LogP contribution is 2.18. The van der Waals surface area contributed by atoms with Gasteiger partial charge in [-0.15, -0.1) is 0 Å². The molecule has 3 heteroatoms. The Morgan fingerprint density at radius 3 is 2.93 bits per heavy atom. The van der Waals surface area contributed by atoms with Crippen LogP contribution >= 0.6 is 0 Å². The summed E-state index contributed by atoms with van der Waals surface area (Å²) in [6.07, 6.45) is 6.28. The molecule has 14 heavy (non-hydrogen) atoms. The predicted octanol–water partition coefficient (Wildman–Crippen LogP) is 1.74. The molecule has 0 radical (unpaired) electrons. The maximum Gasteiger partial charge on any atom is 0.0575 e. The number of hydrogen-bond donors (Lipinski definition) is 2. The molecule has 3 N–H and O–H groups in total. The second-order valence-electron chi connectivity index (χ2n) is 4.13. The van der Waals surface area contributed by atoms with E-state index in [4.69, 9.17) is 10.6 Å². The van der Waals surface area contributed by atoms with Gasteiger partial charge in [-0.25, -0.2) is 0 Å². The zero-order chi connectivity index (χ0) is 10.4. The minimum atomic E-state index is 0.237. The zero-order valence-corrected chi connectivity index (χ0v) is 9.09. The van der Waals surface area contributed by atoms with Gasteiger partial charge in [0.2, 0.25) is 0 Å². The van der Waals surface area contributed by atoms with Crippen LogP contribution in [0.4, 0.5) is 0 Å². The topological polar surface area (TPSA) is 47.3 Å². The smallest absolute Gasteiger partial charge is 0.0575 e. The van der Waals surface area contributed by atoms with Crippen molar-refractivity contribution in [1.82, 2.24) is 5.43 Å². The third kappa shape index (κ3) is 3.78. The highest BCUT2D eigenvalue weighted by atomic mass is 16.5. The monoisotopic (exact) mass is 198 g/mol. The minimum absolute atomic E-state index is 0.237. The largest absolute Gasteiger partial charge is 0.378 e. The first kappa shape index (κ1) is 11.7. The summed E-state index contributed by atoms with van der Waals surface area (Å²) < 4.78 is 5.65. The van der Waals surface area contributed by atoms with Gasteiger partial charge in [0.1, 0.15) is 0 Å². The number of ether oxygens (including phenoxy) is 1. The van der Waals surface area contributed by atoms with Gasteiger partial charge >= 0.3 is 0 Å². The molecule has 82 valence electrons. The number of hydrogen-bond acceptors (Lipinski definition) is 3. The molecule has 0 aromatic carbocycles. The molecule has 1 fully saturated rings. The van der Waals surface area contributed by atoms with E-state index in [0.717, 1.165) is 25.0 Å². The molecule has 1 aliphatic heterocycles. The Labute approximate surface area is 86.7 Å². The molecule has 0 saturated carbocycles. The fourth-order valence-corrected chi connectivity index (χ4v) is 1.86. The molecule has 0 aromatic rings. The van der Waals surface area contributed by atoms with Gasteiger partial charge in [-0.2, -0.15) is 0 Å². The van der Waals surface area contributed by atoms with Gasteiger partial charge in [0, 0.05) is 12.6 Å². The van der Waals surface area contributed by atoms with E-state index in [1.54, 1.807) is 0 Å². The average Bonchev–Trinajstić information content (AvgIpc) is 2.20. The van der Waals surface area contributed by atoms with E-state index in [-0.39, 0.29) is 6.04 Å². The third-order valence-corrected chi connectivity index (χ3v) is 2.85. The van der Waals surface area contributed by atoms with Crippen LogP contribution in [0.3, 0.4) is 0 Å². The molecule has 0 bridgehead atoms. The molecular formula is C11H22N2O. The SMILES string of the molecule is C=C(C)C(CCC1CCCCO1)NN. The van der Waals surface area contributed by atoms with Crippen LogP contribution < -0.4 is 11.3 Å². The Kier molecular flexibility index (Phi) is 5.15. The van der Waals surface area contributed by atoms with Crippen molar-refractivity contribution in [3.05, 3.63) is 12.2 Å². The standard InChI is InChI=1S/C11H22N2O/c1-9(2)11(13-12)7-6-10-5-3-4-8-14-10/h10-11,13H,1,3-8,12H2,2H3. The van der Waals surface area contributed by atoms with E-state index < -0.39 is 0 Å². The molecule has 3 nitrogen and oxygen atoms in total. The first-order valence-electron chi connectivity index (χ1n) is 5.47. The average molecular weight is 198 g/mol. The highest BCUT2D eigenvalue weighted by Gasteiger charge is 2.16. The van der Waals surface area contributed by atoms with Crippen LogP contribution in [0.2, 0.25) is 0 Å². The second-order valence-corrected chi connectivity index (χ2v) is 4.13. The maximum absolute atomic E-state index is 5.65. The third-order valence-electron chi connectivity index (χ3n) is 2.85. The van der Waals surface area contributed by atoms with Gasteiger partial charge in [-0.1, -0.05) is 12.2 Å². The van der Waals surface area contributed by atoms with Crippen LogP contribution in [0.5, 0.6) is 0 Å². The van der Waals surface area contributed by atoms with Crippen molar-refractivity contribution in [3.63, 3.8) is 0 Å². The van der Waals surface area contributed by atoms with Gasteiger partial charge in [-0.3, -0.25) is 11.3 Å². The van der Waals surface area contributed by atoms with Crippen molar-refractivity contribution in [2.24, 2.45) is 5.84 Å². The highest BCUT2D eigenvalue weighted by molar-refractivity contribution is 5.00. The van der Waals surface area contributed by atoms with Crippen LogP contribution in [0.25, 0.3) is 0 Å². The van der Waals surface area contributed by atoms with E-state index in [1.807, 2.05) is 6.92 Å². The molecule has 2 unspecified atom stereocenters. The van der Waals surface area contributed by atoms with E-state index in [1.165, 1.54) is 19.3 Å². The maximum atomic E-state index is 5.65. The zero-order valence-electron chi connectivity index (χ0n) is 9.09. The lowest BCUT2D eigenvalue weighted by Gasteiger charge is -2.24. The number of nitrogens with one attached hydrogen (secondary N) is 1. The van der Waals surface area contributed by atoms with Gasteiger partial charge < -0.3 is 4.74 Å². The summed E-state index contributed by atoms with van der Waals surface area (Å²) in [7, 11) is 0. The Hall–Kier alpha value is -0.380. The summed E-state index contributed by atoms with van der Waals surface area (Å²) in [5, 5.41) is 0. The fourth-order valence-electron chi connectivity index (χ4n) is 1.86. The summed E-state index contributed by atoms with van der Waals surface area (Å²) in [4.78, 5) is 0. The number of hydrazine groups is 1. The second kappa shape index (κ2) is 6.17. The van der Waals surface area contributed by atoms with Crippen molar-refractivity contribution in [2.45, 2.75) is 51.2 Å². The van der Waals surface area contributed by atoms with Crippen LogP contribution in [0.1, 0.15) is 39.0 Å². The lowest BCUT2D eigenvalue weighted by Crippen LogP contribution is -2.36. The fraction of sp³-hybridized carbons (Fsp3) is 0.818. The molecule has 1 heterocycles. The predicted molar refractivity (Wildman–Crippen MR) is 58.8 cm³/mol. The first-order chi connectivity index (χ1) is 6.74. The van der Waals surface area contributed by atoms with Crippen molar-refractivity contribution in [1.29, 1.82) is 0 Å². The molecule has 0 aliphatic carbocycles.